The van der Waals surface area contributed by atoms with Gasteiger partial charge in [0.05, 0.1) is 25.9 Å². The lowest BCUT2D eigenvalue weighted by Gasteiger charge is -2.28. The van der Waals surface area contributed by atoms with E-state index in [1.165, 1.54) is 0 Å². The highest BCUT2D eigenvalue weighted by Crippen LogP contribution is 2.39. The van der Waals surface area contributed by atoms with Gasteiger partial charge in [0, 0.05) is 5.02 Å². The molecule has 23 heavy (non-hydrogen) atoms. The quantitative estimate of drug-likeness (QED) is 0.871. The molecular weight excluding hydrogens is 312 g/mol. The predicted molar refractivity (Wildman–Crippen MR) is 90.4 cm³/mol. The van der Waals surface area contributed by atoms with Crippen LogP contribution in [0.25, 0.3) is 0 Å². The summed E-state index contributed by atoms with van der Waals surface area (Å²) in [4.78, 5) is 0. The van der Waals surface area contributed by atoms with E-state index in [0.29, 0.717) is 18.2 Å². The minimum atomic E-state index is -0.634. The zero-order valence-corrected chi connectivity index (χ0v) is 13.7. The first-order valence-corrected chi connectivity index (χ1v) is 8.26. The van der Waals surface area contributed by atoms with Crippen molar-refractivity contribution in [3.05, 3.63) is 70.7 Å². The monoisotopic (exact) mass is 332 g/mol. The molecule has 0 aromatic heterocycles. The number of ether oxygens (including phenoxy) is 2. The minimum Gasteiger partial charge on any atom is -0.393 e. The smallest absolute Gasteiger partial charge is 0.117 e. The van der Waals surface area contributed by atoms with Gasteiger partial charge in [-0.25, -0.2) is 0 Å². The van der Waals surface area contributed by atoms with Crippen LogP contribution in [0.15, 0.2) is 54.6 Å². The Bertz CT molecular complexity index is 614. The number of aliphatic hydroxyl groups is 1. The van der Waals surface area contributed by atoms with Gasteiger partial charge >= 0.3 is 0 Å². The maximum atomic E-state index is 9.86. The van der Waals surface area contributed by atoms with Gasteiger partial charge in [-0.3, -0.25) is 0 Å². The lowest BCUT2D eigenvalue weighted by Crippen LogP contribution is -2.31. The van der Waals surface area contributed by atoms with Gasteiger partial charge in [-0.15, -0.1) is 0 Å². The summed E-state index contributed by atoms with van der Waals surface area (Å²) in [5, 5.41) is 10.5. The molecule has 3 nitrogen and oxygen atoms in total. The average Bonchev–Trinajstić information content (AvgIpc) is 3.01. The average molecular weight is 333 g/mol. The molecule has 0 bridgehead atoms. The van der Waals surface area contributed by atoms with Crippen molar-refractivity contribution in [1.29, 1.82) is 0 Å². The fourth-order valence-electron chi connectivity index (χ4n) is 3.00. The first-order valence-electron chi connectivity index (χ1n) is 7.88. The van der Waals surface area contributed by atoms with Gasteiger partial charge in [-0.1, -0.05) is 54.1 Å². The largest absolute Gasteiger partial charge is 0.393 e. The SMILES string of the molecule is OC[C@@]1(c2ccc(Cl)cc2)CC[C@@H](COCc2ccccc2)O1. The normalized spacial score (nSPS) is 24.0. The van der Waals surface area contributed by atoms with Crippen molar-refractivity contribution >= 4 is 11.6 Å². The molecule has 0 aliphatic carbocycles. The number of rotatable bonds is 6. The molecule has 0 radical (unpaired) electrons. The standard InChI is InChI=1S/C19H21ClO3/c20-17-8-6-16(7-9-17)19(14-21)11-10-18(23-19)13-22-12-15-4-2-1-3-5-15/h1-9,18,21H,10-14H2/t18-,19+/m0/s1. The van der Waals surface area contributed by atoms with Crippen LogP contribution in [0.5, 0.6) is 0 Å². The Hall–Kier alpha value is -1.39. The number of halogens is 1. The van der Waals surface area contributed by atoms with Crippen molar-refractivity contribution < 1.29 is 14.6 Å². The molecule has 1 aliphatic rings. The molecule has 1 aliphatic heterocycles. The second-order valence-corrected chi connectivity index (χ2v) is 6.37. The summed E-state index contributed by atoms with van der Waals surface area (Å²) < 4.78 is 11.9. The Labute approximate surface area is 141 Å². The van der Waals surface area contributed by atoms with Crippen LogP contribution in [-0.4, -0.2) is 24.4 Å². The van der Waals surface area contributed by atoms with E-state index >= 15 is 0 Å². The summed E-state index contributed by atoms with van der Waals surface area (Å²) in [6.45, 7) is 1.07. The number of aliphatic hydroxyl groups excluding tert-OH is 1. The predicted octanol–water partition coefficient (Wildman–Crippen LogP) is 3.92. The van der Waals surface area contributed by atoms with E-state index in [1.807, 2.05) is 54.6 Å². The molecule has 0 amide bonds. The second kappa shape index (κ2) is 7.45. The first-order chi connectivity index (χ1) is 11.2. The van der Waals surface area contributed by atoms with E-state index in [0.717, 1.165) is 24.0 Å². The Balaban J connectivity index is 1.57. The molecule has 0 unspecified atom stereocenters. The van der Waals surface area contributed by atoms with Crippen molar-refractivity contribution in [1.82, 2.24) is 0 Å². The molecule has 1 N–H and O–H groups in total. The maximum absolute atomic E-state index is 9.86. The van der Waals surface area contributed by atoms with E-state index in [2.05, 4.69) is 0 Å². The van der Waals surface area contributed by atoms with Crippen LogP contribution in [0.4, 0.5) is 0 Å². The summed E-state index contributed by atoms with van der Waals surface area (Å²) in [5.74, 6) is 0. The zero-order valence-electron chi connectivity index (χ0n) is 13.0. The lowest BCUT2D eigenvalue weighted by atomic mass is 9.91. The third-order valence-electron chi connectivity index (χ3n) is 4.30. The van der Waals surface area contributed by atoms with Gasteiger partial charge in [0.2, 0.25) is 0 Å². The van der Waals surface area contributed by atoms with E-state index < -0.39 is 5.60 Å². The van der Waals surface area contributed by atoms with Crippen molar-refractivity contribution in [2.75, 3.05) is 13.2 Å². The van der Waals surface area contributed by atoms with Crippen LogP contribution in [0, 0.1) is 0 Å². The summed E-state index contributed by atoms with van der Waals surface area (Å²) in [6, 6.07) is 17.6. The molecule has 0 spiro atoms. The molecular formula is C19H21ClO3. The molecule has 1 fully saturated rings. The summed E-state index contributed by atoms with van der Waals surface area (Å²) in [7, 11) is 0. The maximum Gasteiger partial charge on any atom is 0.117 e. The summed E-state index contributed by atoms with van der Waals surface area (Å²) in [6.07, 6.45) is 1.66. The third kappa shape index (κ3) is 3.93. The zero-order chi connectivity index (χ0) is 16.1. The third-order valence-corrected chi connectivity index (χ3v) is 4.56. The van der Waals surface area contributed by atoms with Crippen molar-refractivity contribution in [3.63, 3.8) is 0 Å². The van der Waals surface area contributed by atoms with Crippen LogP contribution >= 0.6 is 11.6 Å². The van der Waals surface area contributed by atoms with Crippen LogP contribution in [0.2, 0.25) is 5.02 Å². The highest BCUT2D eigenvalue weighted by Gasteiger charge is 2.41. The first kappa shape index (κ1) is 16.5. The van der Waals surface area contributed by atoms with Crippen molar-refractivity contribution in [2.45, 2.75) is 31.2 Å². The Morgan fingerprint density at radius 3 is 2.57 bits per heavy atom. The molecule has 3 rings (SSSR count). The number of hydrogen-bond acceptors (Lipinski definition) is 3. The van der Waals surface area contributed by atoms with Gasteiger partial charge in [0.15, 0.2) is 0 Å². The van der Waals surface area contributed by atoms with E-state index in [-0.39, 0.29) is 12.7 Å². The molecule has 122 valence electrons. The Morgan fingerprint density at radius 1 is 1.13 bits per heavy atom. The van der Waals surface area contributed by atoms with Gasteiger partial charge in [0.1, 0.15) is 5.60 Å². The van der Waals surface area contributed by atoms with Crippen LogP contribution < -0.4 is 0 Å². The van der Waals surface area contributed by atoms with Gasteiger partial charge in [-0.2, -0.15) is 0 Å². The number of hydrogen-bond donors (Lipinski definition) is 1. The van der Waals surface area contributed by atoms with E-state index in [1.54, 1.807) is 0 Å². The Morgan fingerprint density at radius 2 is 1.87 bits per heavy atom. The molecule has 4 heteroatoms. The summed E-state index contributed by atoms with van der Waals surface area (Å²) >= 11 is 5.94. The van der Waals surface area contributed by atoms with Crippen LogP contribution in [0.3, 0.4) is 0 Å². The molecule has 2 aromatic rings. The lowest BCUT2D eigenvalue weighted by molar-refractivity contribution is -0.101. The van der Waals surface area contributed by atoms with Crippen LogP contribution in [0.1, 0.15) is 24.0 Å². The highest BCUT2D eigenvalue weighted by atomic mass is 35.5. The summed E-state index contributed by atoms with van der Waals surface area (Å²) in [5.41, 5.74) is 1.48. The Kier molecular flexibility index (Phi) is 5.34. The highest BCUT2D eigenvalue weighted by molar-refractivity contribution is 6.30. The fraction of sp³-hybridized carbons (Fsp3) is 0.368. The second-order valence-electron chi connectivity index (χ2n) is 5.94. The van der Waals surface area contributed by atoms with Gasteiger partial charge in [-0.05, 0) is 36.1 Å². The molecule has 1 heterocycles. The number of benzene rings is 2. The topological polar surface area (TPSA) is 38.7 Å². The van der Waals surface area contributed by atoms with E-state index in [9.17, 15) is 5.11 Å². The fourth-order valence-corrected chi connectivity index (χ4v) is 3.13. The van der Waals surface area contributed by atoms with Crippen molar-refractivity contribution in [2.24, 2.45) is 0 Å². The van der Waals surface area contributed by atoms with E-state index in [4.69, 9.17) is 21.1 Å². The van der Waals surface area contributed by atoms with Gasteiger partial charge in [0.25, 0.3) is 0 Å². The molecule has 2 aromatic carbocycles. The molecule has 2 atom stereocenters. The molecule has 1 saturated heterocycles. The van der Waals surface area contributed by atoms with Crippen molar-refractivity contribution in [3.8, 4) is 0 Å². The van der Waals surface area contributed by atoms with Gasteiger partial charge < -0.3 is 14.6 Å². The minimum absolute atomic E-state index is 0.00143. The van der Waals surface area contributed by atoms with Crippen LogP contribution in [-0.2, 0) is 21.7 Å². The molecule has 0 saturated carbocycles.